The molecule has 0 spiro atoms. The maximum Gasteiger partial charge on any atom is 0.422 e. The van der Waals surface area contributed by atoms with Gasteiger partial charge in [-0.3, -0.25) is 0 Å². The molecule has 0 atom stereocenters. The topological polar surface area (TPSA) is 70.1 Å². The number of anilines is 1. The van der Waals surface area contributed by atoms with E-state index in [0.29, 0.717) is 6.42 Å². The zero-order chi connectivity index (χ0) is 13.9. The fourth-order valence-corrected chi connectivity index (χ4v) is 1.47. The van der Waals surface area contributed by atoms with Crippen LogP contribution in [-0.4, -0.2) is 22.9 Å². The number of aryl methyl sites for hydroxylation is 1. The molecule has 0 amide bonds. The first kappa shape index (κ1) is 14.3. The molecule has 18 heavy (non-hydrogen) atoms. The molecule has 8 heteroatoms. The predicted molar refractivity (Wildman–Crippen MR) is 57.9 cm³/mol. The number of carbonyl (C=O) groups excluding carboxylic acids is 1. The van der Waals surface area contributed by atoms with E-state index in [-0.39, 0.29) is 6.54 Å². The summed E-state index contributed by atoms with van der Waals surface area (Å²) in [5.41, 5.74) is 3.37. The monoisotopic (exact) mass is 265 g/mol. The number of nitrogens with two attached hydrogens (primary N) is 1. The number of alkyl halides is 3. The molecule has 0 bridgehead atoms. The van der Waals surface area contributed by atoms with Crippen LogP contribution in [0.25, 0.3) is 0 Å². The summed E-state index contributed by atoms with van der Waals surface area (Å²) in [7, 11) is 0.990. The van der Waals surface area contributed by atoms with Gasteiger partial charge in [0.05, 0.1) is 7.11 Å². The van der Waals surface area contributed by atoms with Gasteiger partial charge in [0, 0.05) is 6.54 Å². The number of halogens is 3. The summed E-state index contributed by atoms with van der Waals surface area (Å²) >= 11 is 0. The number of ether oxygens (including phenoxy) is 1. The molecule has 1 aromatic heterocycles. The molecule has 0 unspecified atom stereocenters. The molecule has 0 saturated heterocycles. The van der Waals surface area contributed by atoms with Gasteiger partial charge in [-0.25, -0.2) is 9.48 Å². The normalized spacial score (nSPS) is 11.6. The van der Waals surface area contributed by atoms with Crippen LogP contribution in [0, 0.1) is 0 Å². The Balaban J connectivity index is 3.27. The first-order valence-electron chi connectivity index (χ1n) is 5.34. The van der Waals surface area contributed by atoms with Crippen LogP contribution >= 0.6 is 0 Å². The van der Waals surface area contributed by atoms with Crippen molar-refractivity contribution in [1.82, 2.24) is 9.78 Å². The molecule has 0 aliphatic carbocycles. The second kappa shape index (κ2) is 5.28. The lowest BCUT2D eigenvalue weighted by atomic mass is 10.2. The van der Waals surface area contributed by atoms with Crippen LogP contribution < -0.4 is 5.73 Å². The van der Waals surface area contributed by atoms with Crippen LogP contribution in [0.2, 0.25) is 0 Å². The van der Waals surface area contributed by atoms with Crippen LogP contribution in [0.1, 0.15) is 35.8 Å². The van der Waals surface area contributed by atoms with E-state index >= 15 is 0 Å². The Morgan fingerprint density at radius 1 is 1.50 bits per heavy atom. The number of unbranched alkanes of at least 4 members (excludes halogenated alkanes) is 1. The summed E-state index contributed by atoms with van der Waals surface area (Å²) in [6.45, 7) is 2.11. The molecule has 0 aliphatic heterocycles. The first-order chi connectivity index (χ1) is 8.32. The minimum absolute atomic E-state index is 0.225. The van der Waals surface area contributed by atoms with Crippen molar-refractivity contribution in [2.75, 3.05) is 12.8 Å². The lowest BCUT2D eigenvalue weighted by Gasteiger charge is -2.07. The van der Waals surface area contributed by atoms with E-state index < -0.39 is 29.2 Å². The number of hydrogen-bond donors (Lipinski definition) is 1. The van der Waals surface area contributed by atoms with Gasteiger partial charge < -0.3 is 10.5 Å². The predicted octanol–water partition coefficient (Wildman–Crippen LogP) is 2.07. The van der Waals surface area contributed by atoms with Crippen molar-refractivity contribution < 1.29 is 22.7 Å². The molecule has 0 aliphatic rings. The quantitative estimate of drug-likeness (QED) is 0.846. The molecule has 0 saturated carbocycles. The van der Waals surface area contributed by atoms with E-state index in [2.05, 4.69) is 9.84 Å². The Kier molecular flexibility index (Phi) is 4.20. The molecule has 1 heterocycles. The van der Waals surface area contributed by atoms with Crippen molar-refractivity contribution in [2.45, 2.75) is 32.5 Å². The molecule has 0 aromatic carbocycles. The summed E-state index contributed by atoms with van der Waals surface area (Å²) in [5, 5.41) is 3.58. The minimum atomic E-state index is -4.74. The second-order valence-electron chi connectivity index (χ2n) is 3.67. The fraction of sp³-hybridized carbons (Fsp3) is 0.600. The van der Waals surface area contributed by atoms with Crippen LogP contribution in [-0.2, 0) is 17.5 Å². The minimum Gasteiger partial charge on any atom is -0.464 e. The van der Waals surface area contributed by atoms with Crippen LogP contribution in [0.4, 0.5) is 19.0 Å². The van der Waals surface area contributed by atoms with Crippen LogP contribution in [0.3, 0.4) is 0 Å². The summed E-state index contributed by atoms with van der Waals surface area (Å²) in [5.74, 6) is -1.71. The first-order valence-corrected chi connectivity index (χ1v) is 5.34. The molecule has 2 N–H and O–H groups in total. The molecular weight excluding hydrogens is 251 g/mol. The number of nitrogen functional groups attached to an aromatic ring is 1. The lowest BCUT2D eigenvalue weighted by molar-refractivity contribution is -0.137. The number of rotatable bonds is 4. The zero-order valence-corrected chi connectivity index (χ0v) is 10.0. The van der Waals surface area contributed by atoms with E-state index in [9.17, 15) is 18.0 Å². The second-order valence-corrected chi connectivity index (χ2v) is 3.67. The molecule has 102 valence electrons. The molecule has 1 aromatic rings. The number of esters is 1. The van der Waals surface area contributed by atoms with Gasteiger partial charge in [-0.05, 0) is 6.42 Å². The van der Waals surface area contributed by atoms with Crippen molar-refractivity contribution in [3.63, 3.8) is 0 Å². The van der Waals surface area contributed by atoms with Crippen LogP contribution in [0.15, 0.2) is 0 Å². The molecule has 5 nitrogen and oxygen atoms in total. The molecule has 0 fully saturated rings. The summed E-state index contributed by atoms with van der Waals surface area (Å²) in [6.07, 6.45) is -3.35. The van der Waals surface area contributed by atoms with Crippen molar-refractivity contribution in [3.05, 3.63) is 11.3 Å². The van der Waals surface area contributed by atoms with Crippen molar-refractivity contribution in [1.29, 1.82) is 0 Å². The largest absolute Gasteiger partial charge is 0.464 e. The Morgan fingerprint density at radius 3 is 2.56 bits per heavy atom. The fourth-order valence-electron chi connectivity index (χ4n) is 1.47. The van der Waals surface area contributed by atoms with Gasteiger partial charge in [0.25, 0.3) is 0 Å². The van der Waals surface area contributed by atoms with Gasteiger partial charge in [-0.15, -0.1) is 0 Å². The number of carbonyl (C=O) groups is 1. The van der Waals surface area contributed by atoms with Crippen molar-refractivity contribution >= 4 is 11.8 Å². The van der Waals surface area contributed by atoms with E-state index in [4.69, 9.17) is 5.73 Å². The third-order valence-electron chi connectivity index (χ3n) is 2.38. The van der Waals surface area contributed by atoms with Gasteiger partial charge in [-0.1, -0.05) is 13.3 Å². The average Bonchev–Trinajstić information content (AvgIpc) is 2.62. The van der Waals surface area contributed by atoms with Gasteiger partial charge in [0.1, 0.15) is 11.4 Å². The SMILES string of the molecule is CCCCn1nc(C(=O)OC)c(C(F)(F)F)c1N. The standard InChI is InChI=1S/C10H14F3N3O2/c1-3-4-5-16-8(14)6(10(11,12)13)7(15-16)9(17)18-2/h3-5,14H2,1-2H3. The van der Waals surface area contributed by atoms with Crippen LogP contribution in [0.5, 0.6) is 0 Å². The van der Waals surface area contributed by atoms with E-state index in [1.807, 2.05) is 6.92 Å². The number of hydrogen-bond acceptors (Lipinski definition) is 4. The summed E-state index contributed by atoms with van der Waals surface area (Å²) in [4.78, 5) is 11.3. The smallest absolute Gasteiger partial charge is 0.422 e. The highest BCUT2D eigenvalue weighted by Crippen LogP contribution is 2.36. The highest BCUT2D eigenvalue weighted by atomic mass is 19.4. The zero-order valence-electron chi connectivity index (χ0n) is 10.0. The molecule has 1 rings (SSSR count). The Morgan fingerprint density at radius 2 is 2.11 bits per heavy atom. The molecule has 0 radical (unpaired) electrons. The van der Waals surface area contributed by atoms with Crippen molar-refractivity contribution in [3.8, 4) is 0 Å². The maximum absolute atomic E-state index is 12.8. The Bertz CT molecular complexity index is 440. The average molecular weight is 265 g/mol. The van der Waals surface area contributed by atoms with Gasteiger partial charge >= 0.3 is 12.1 Å². The van der Waals surface area contributed by atoms with E-state index in [1.54, 1.807) is 0 Å². The maximum atomic E-state index is 12.8. The summed E-state index contributed by atoms with van der Waals surface area (Å²) in [6, 6.07) is 0. The summed E-state index contributed by atoms with van der Waals surface area (Å²) < 4.78 is 43.7. The van der Waals surface area contributed by atoms with E-state index in [1.165, 1.54) is 0 Å². The third-order valence-corrected chi connectivity index (χ3v) is 2.38. The van der Waals surface area contributed by atoms with Gasteiger partial charge in [0.2, 0.25) is 0 Å². The lowest BCUT2D eigenvalue weighted by Crippen LogP contribution is -2.14. The number of methoxy groups -OCH3 is 1. The third kappa shape index (κ3) is 2.74. The highest BCUT2D eigenvalue weighted by molar-refractivity contribution is 5.90. The van der Waals surface area contributed by atoms with E-state index in [0.717, 1.165) is 18.2 Å². The Hall–Kier alpha value is -1.73. The van der Waals surface area contributed by atoms with Gasteiger partial charge in [0.15, 0.2) is 5.69 Å². The Labute approximate surface area is 102 Å². The number of aromatic nitrogens is 2. The van der Waals surface area contributed by atoms with Crippen molar-refractivity contribution in [2.24, 2.45) is 0 Å². The molecular formula is C10H14F3N3O2. The highest BCUT2D eigenvalue weighted by Gasteiger charge is 2.41. The van der Waals surface area contributed by atoms with Gasteiger partial charge in [-0.2, -0.15) is 18.3 Å². The number of nitrogens with zero attached hydrogens (tertiary/aromatic N) is 2.